The van der Waals surface area contributed by atoms with E-state index >= 15 is 0 Å². The van der Waals surface area contributed by atoms with Gasteiger partial charge in [-0.2, -0.15) is 0 Å². The quantitative estimate of drug-likeness (QED) is 0.561. The van der Waals surface area contributed by atoms with Gasteiger partial charge in [-0.05, 0) is 36.2 Å². The molecule has 1 amide bonds. The summed E-state index contributed by atoms with van der Waals surface area (Å²) in [4.78, 5) is 12.5. The van der Waals surface area contributed by atoms with E-state index in [1.54, 1.807) is 27.7 Å². The molecule has 0 fully saturated rings. The normalized spacial score (nSPS) is 14.5. The molecule has 32 heavy (non-hydrogen) atoms. The monoisotopic (exact) mass is 459 g/mol. The number of rotatable bonds is 8. The smallest absolute Gasteiger partial charge is 0.407 e. The van der Waals surface area contributed by atoms with E-state index in [1.165, 1.54) is 0 Å². The summed E-state index contributed by atoms with van der Waals surface area (Å²) in [6.45, 7) is 13.4. The molecule has 0 radical (unpaired) electrons. The fraction of sp³-hybridized carbons (Fsp3) is 0.500. The van der Waals surface area contributed by atoms with Crippen LogP contribution >= 0.6 is 0 Å². The zero-order valence-electron chi connectivity index (χ0n) is 20.4. The molecule has 0 saturated heterocycles. The van der Waals surface area contributed by atoms with Gasteiger partial charge in [0.2, 0.25) is 0 Å². The highest BCUT2D eigenvalue weighted by molar-refractivity contribution is 6.99. The Hall–Kier alpha value is -2.18. The van der Waals surface area contributed by atoms with Crippen molar-refractivity contribution in [1.82, 2.24) is 5.32 Å². The van der Waals surface area contributed by atoms with Crippen LogP contribution in [-0.4, -0.2) is 39.3 Å². The van der Waals surface area contributed by atoms with Crippen LogP contribution < -0.4 is 15.7 Å². The number of halogens is 1. The van der Waals surface area contributed by atoms with Crippen molar-refractivity contribution in [1.29, 1.82) is 0 Å². The molecule has 4 nitrogen and oxygen atoms in total. The lowest BCUT2D eigenvalue weighted by Gasteiger charge is -2.44. The molecule has 0 aliphatic rings. The molecule has 6 heteroatoms. The Morgan fingerprint density at radius 1 is 0.938 bits per heavy atom. The summed E-state index contributed by atoms with van der Waals surface area (Å²) < 4.78 is 26.0. The van der Waals surface area contributed by atoms with Crippen molar-refractivity contribution < 1.29 is 18.3 Å². The van der Waals surface area contributed by atoms with Crippen molar-refractivity contribution in [3.05, 3.63) is 60.7 Å². The predicted molar refractivity (Wildman–Crippen MR) is 132 cm³/mol. The van der Waals surface area contributed by atoms with Gasteiger partial charge < -0.3 is 14.5 Å². The number of benzene rings is 2. The Kier molecular flexibility index (Phi) is 8.65. The SMILES string of the molecule is C[C@H](CF)[C@@H](CO[Si](c1ccccc1)(c1ccccc1)C(C)(C)C)NC(=O)OC(C)(C)C. The molecule has 0 aromatic heterocycles. The van der Waals surface area contributed by atoms with Gasteiger partial charge in [0.15, 0.2) is 0 Å². The van der Waals surface area contributed by atoms with Crippen molar-refractivity contribution in [2.75, 3.05) is 13.3 Å². The third kappa shape index (κ3) is 6.42. The molecular formula is C26H38FNO3Si. The average Bonchev–Trinajstić information content (AvgIpc) is 2.72. The summed E-state index contributed by atoms with van der Waals surface area (Å²) in [6.07, 6.45) is -0.561. The fourth-order valence-electron chi connectivity index (χ4n) is 3.89. The largest absolute Gasteiger partial charge is 0.444 e. The Balaban J connectivity index is 2.45. The molecule has 1 N–H and O–H groups in total. The van der Waals surface area contributed by atoms with Crippen molar-refractivity contribution in [3.63, 3.8) is 0 Å². The maximum Gasteiger partial charge on any atom is 0.407 e. The lowest BCUT2D eigenvalue weighted by molar-refractivity contribution is 0.0456. The van der Waals surface area contributed by atoms with Crippen LogP contribution in [0.5, 0.6) is 0 Å². The Morgan fingerprint density at radius 2 is 1.41 bits per heavy atom. The van der Waals surface area contributed by atoms with E-state index in [2.05, 4.69) is 50.4 Å². The summed E-state index contributed by atoms with van der Waals surface area (Å²) in [6, 6.07) is 20.0. The van der Waals surface area contributed by atoms with Gasteiger partial charge in [0.05, 0.1) is 19.3 Å². The Bertz CT molecular complexity index is 807. The second-order valence-electron chi connectivity index (χ2n) is 10.4. The van der Waals surface area contributed by atoms with E-state index in [0.717, 1.165) is 10.4 Å². The predicted octanol–water partition coefficient (Wildman–Crippen LogP) is 5.06. The first kappa shape index (κ1) is 26.1. The number of carbonyl (C=O) groups is 1. The second kappa shape index (κ2) is 10.6. The highest BCUT2D eigenvalue weighted by Gasteiger charge is 2.50. The molecule has 0 spiro atoms. The van der Waals surface area contributed by atoms with Crippen molar-refractivity contribution in [2.24, 2.45) is 5.92 Å². The van der Waals surface area contributed by atoms with Crippen molar-refractivity contribution in [3.8, 4) is 0 Å². The van der Waals surface area contributed by atoms with E-state index in [-0.39, 0.29) is 11.6 Å². The summed E-state index contributed by atoms with van der Waals surface area (Å²) in [5, 5.41) is 4.93. The fourth-order valence-corrected chi connectivity index (χ4v) is 8.48. The first-order valence-electron chi connectivity index (χ1n) is 11.2. The number of alkyl halides is 1. The zero-order chi connectivity index (χ0) is 24.0. The van der Waals surface area contributed by atoms with Gasteiger partial charge >= 0.3 is 6.09 Å². The molecule has 0 heterocycles. The lowest BCUT2D eigenvalue weighted by atomic mass is 10.1. The summed E-state index contributed by atoms with van der Waals surface area (Å²) in [7, 11) is -2.78. The topological polar surface area (TPSA) is 47.6 Å². The van der Waals surface area contributed by atoms with Crippen molar-refractivity contribution in [2.45, 2.75) is 65.1 Å². The number of nitrogens with one attached hydrogen (secondary N) is 1. The van der Waals surface area contributed by atoms with Crippen LogP contribution in [0.1, 0.15) is 48.5 Å². The Morgan fingerprint density at radius 3 is 1.78 bits per heavy atom. The van der Waals surface area contributed by atoms with Crippen LogP contribution in [0.2, 0.25) is 5.04 Å². The number of ether oxygens (including phenoxy) is 1. The highest BCUT2D eigenvalue weighted by Crippen LogP contribution is 2.37. The average molecular weight is 460 g/mol. The molecule has 0 unspecified atom stereocenters. The van der Waals surface area contributed by atoms with E-state index in [1.807, 2.05) is 36.4 Å². The molecule has 176 valence electrons. The third-order valence-electron chi connectivity index (χ3n) is 5.53. The minimum atomic E-state index is -2.78. The lowest BCUT2D eigenvalue weighted by Crippen LogP contribution is -2.67. The second-order valence-corrected chi connectivity index (χ2v) is 14.7. The number of alkyl carbamates (subject to hydrolysis) is 1. The molecule has 2 atom stereocenters. The van der Waals surface area contributed by atoms with E-state index in [9.17, 15) is 9.18 Å². The number of amides is 1. The van der Waals surface area contributed by atoms with Crippen LogP contribution in [0.15, 0.2) is 60.7 Å². The van der Waals surface area contributed by atoms with Crippen LogP contribution in [0.4, 0.5) is 9.18 Å². The van der Waals surface area contributed by atoms with Crippen molar-refractivity contribution >= 4 is 24.8 Å². The highest BCUT2D eigenvalue weighted by atomic mass is 28.4. The van der Waals surface area contributed by atoms with Gasteiger partial charge in [-0.3, -0.25) is 4.39 Å². The van der Waals surface area contributed by atoms with E-state index in [4.69, 9.17) is 9.16 Å². The van der Waals surface area contributed by atoms with Gasteiger partial charge in [0, 0.05) is 5.92 Å². The van der Waals surface area contributed by atoms with Gasteiger partial charge in [-0.1, -0.05) is 88.4 Å². The number of hydrogen-bond acceptors (Lipinski definition) is 3. The molecule has 0 aliphatic carbocycles. The van der Waals surface area contributed by atoms with E-state index in [0.29, 0.717) is 0 Å². The maximum absolute atomic E-state index is 13.7. The van der Waals surface area contributed by atoms with Crippen LogP contribution in [-0.2, 0) is 9.16 Å². The molecule has 0 aliphatic heterocycles. The maximum atomic E-state index is 13.7. The van der Waals surface area contributed by atoms with Gasteiger partial charge in [-0.25, -0.2) is 4.79 Å². The summed E-state index contributed by atoms with van der Waals surface area (Å²) in [5.74, 6) is -0.416. The van der Waals surface area contributed by atoms with Gasteiger partial charge in [-0.15, -0.1) is 0 Å². The Labute approximate surface area is 193 Å². The number of hydrogen-bond donors (Lipinski definition) is 1. The van der Waals surface area contributed by atoms with Crippen LogP contribution in [0.3, 0.4) is 0 Å². The molecule has 0 bridgehead atoms. The summed E-state index contributed by atoms with van der Waals surface area (Å²) in [5.41, 5.74) is -0.633. The standard InChI is InChI=1S/C26H38FNO3Si/c1-20(18-27)23(28-24(29)31-25(2,3)4)19-30-32(26(5,6)7,21-14-10-8-11-15-21)22-16-12-9-13-17-22/h8-17,20,23H,18-19H2,1-7H3,(H,28,29)/t20-,23-/m1/s1. The third-order valence-corrected chi connectivity index (χ3v) is 10.5. The van der Waals surface area contributed by atoms with E-state index < -0.39 is 38.6 Å². The minimum absolute atomic E-state index is 0.192. The van der Waals surface area contributed by atoms with Gasteiger partial charge in [0.1, 0.15) is 5.60 Å². The minimum Gasteiger partial charge on any atom is -0.444 e. The molecule has 0 saturated carbocycles. The molecule has 2 aromatic rings. The molecule has 2 aromatic carbocycles. The zero-order valence-corrected chi connectivity index (χ0v) is 21.4. The van der Waals surface area contributed by atoms with Crippen LogP contribution in [0, 0.1) is 5.92 Å². The first-order valence-corrected chi connectivity index (χ1v) is 13.1. The van der Waals surface area contributed by atoms with Crippen LogP contribution in [0.25, 0.3) is 0 Å². The molecule has 2 rings (SSSR count). The summed E-state index contributed by atoms with van der Waals surface area (Å²) >= 11 is 0. The number of carbonyl (C=O) groups excluding carboxylic acids is 1. The first-order chi connectivity index (χ1) is 14.9. The van der Waals surface area contributed by atoms with Gasteiger partial charge in [0.25, 0.3) is 8.32 Å². The molecular weight excluding hydrogens is 421 g/mol.